The van der Waals surface area contributed by atoms with Gasteiger partial charge in [0.25, 0.3) is 5.91 Å². The van der Waals surface area contributed by atoms with E-state index in [1.807, 2.05) is 40.1 Å². The molecule has 0 unspecified atom stereocenters. The number of amides is 3. The van der Waals surface area contributed by atoms with Crippen LogP contribution in [-0.2, 0) is 16.1 Å². The number of anilines is 3. The van der Waals surface area contributed by atoms with E-state index in [0.717, 1.165) is 16.9 Å². The van der Waals surface area contributed by atoms with Crippen LogP contribution in [0.2, 0.25) is 0 Å². The van der Waals surface area contributed by atoms with Gasteiger partial charge in [-0.1, -0.05) is 41.7 Å². The molecule has 3 heterocycles. The second kappa shape index (κ2) is 12.4. The Labute approximate surface area is 244 Å². The highest BCUT2D eigenvalue weighted by Crippen LogP contribution is 2.38. The minimum Gasteiger partial charge on any atom is -0.442 e. The summed E-state index contributed by atoms with van der Waals surface area (Å²) in [5, 5.41) is 17.1. The first-order valence-electron chi connectivity index (χ1n) is 13.3. The maximum Gasteiger partial charge on any atom is 0.414 e. The van der Waals surface area contributed by atoms with E-state index >= 15 is 4.39 Å². The average molecular weight is 597 g/mol. The predicted octanol–water partition coefficient (Wildman–Crippen LogP) is 3.51. The predicted molar refractivity (Wildman–Crippen MR) is 156 cm³/mol. The smallest absolute Gasteiger partial charge is 0.414 e. The van der Waals surface area contributed by atoms with Gasteiger partial charge in [-0.15, -0.1) is 0 Å². The monoisotopic (exact) mass is 596 g/mol. The summed E-state index contributed by atoms with van der Waals surface area (Å²) in [6, 6.07) is 15.4. The zero-order valence-electron chi connectivity index (χ0n) is 22.7. The van der Waals surface area contributed by atoms with Crippen molar-refractivity contribution in [3.05, 3.63) is 81.0 Å². The van der Waals surface area contributed by atoms with E-state index in [-0.39, 0.29) is 34.8 Å². The Morgan fingerprint density at radius 1 is 1.05 bits per heavy atom. The molecule has 1 aromatic heterocycles. The molecule has 3 amide bonds. The Kier molecular flexibility index (Phi) is 8.52. The maximum absolute atomic E-state index is 15.2. The molecule has 0 radical (unpaired) electrons. The van der Waals surface area contributed by atoms with Gasteiger partial charge < -0.3 is 25.2 Å². The molecule has 1 atom stereocenters. The summed E-state index contributed by atoms with van der Waals surface area (Å²) in [5.74, 6) is -1.14. The zero-order valence-corrected chi connectivity index (χ0v) is 23.6. The van der Waals surface area contributed by atoms with Gasteiger partial charge in [0.15, 0.2) is 0 Å². The highest BCUT2D eigenvalue weighted by molar-refractivity contribution is 7.17. The fourth-order valence-electron chi connectivity index (χ4n) is 4.91. The maximum atomic E-state index is 15.2. The van der Waals surface area contributed by atoms with Crippen LogP contribution >= 0.6 is 11.3 Å². The third kappa shape index (κ3) is 6.43. The van der Waals surface area contributed by atoms with Crippen LogP contribution < -0.4 is 25.3 Å². The molecule has 0 spiro atoms. The number of hydrogen-bond donors (Lipinski definition) is 2. The number of halogens is 1. The van der Waals surface area contributed by atoms with Crippen molar-refractivity contribution in [1.29, 1.82) is 0 Å². The average Bonchev–Trinajstić information content (AvgIpc) is 3.60. The molecule has 0 bridgehead atoms. The van der Waals surface area contributed by atoms with Crippen molar-refractivity contribution in [1.82, 2.24) is 10.6 Å². The summed E-state index contributed by atoms with van der Waals surface area (Å²) in [6.45, 7) is 3.58. The highest BCUT2D eigenvalue weighted by Gasteiger charge is 2.33. The SMILES string of the molecule is CC(=O)NC[C@H]1CN(c2ccc(N3CCN(c4cc(C(=O)NCc5ccccc5)sc4[N+](=O)[O-])CC3)c(F)c2)C(=O)O1. The molecule has 42 heavy (non-hydrogen) atoms. The molecule has 2 aliphatic heterocycles. The topological polar surface area (TPSA) is 137 Å². The molecule has 2 N–H and O–H groups in total. The second-order valence-corrected chi connectivity index (χ2v) is 10.9. The molecular formula is C28H29FN6O6S. The van der Waals surface area contributed by atoms with E-state index < -0.39 is 22.9 Å². The van der Waals surface area contributed by atoms with Crippen molar-refractivity contribution in [2.45, 2.75) is 19.6 Å². The number of piperazine rings is 1. The lowest BCUT2D eigenvalue weighted by Crippen LogP contribution is -2.46. The lowest BCUT2D eigenvalue weighted by Gasteiger charge is -2.36. The van der Waals surface area contributed by atoms with Crippen LogP contribution in [-0.4, -0.2) is 68.2 Å². The number of nitrogens with zero attached hydrogens (tertiary/aromatic N) is 4. The van der Waals surface area contributed by atoms with Crippen molar-refractivity contribution >= 4 is 51.3 Å². The number of thiophene rings is 1. The highest BCUT2D eigenvalue weighted by atomic mass is 32.1. The molecule has 0 aliphatic carbocycles. The number of nitrogens with one attached hydrogen (secondary N) is 2. The summed E-state index contributed by atoms with van der Waals surface area (Å²) in [6.07, 6.45) is -1.15. The quantitative estimate of drug-likeness (QED) is 0.283. The molecule has 2 fully saturated rings. The van der Waals surface area contributed by atoms with Gasteiger partial charge in [-0.25, -0.2) is 9.18 Å². The van der Waals surface area contributed by atoms with Gasteiger partial charge in [0, 0.05) is 39.6 Å². The van der Waals surface area contributed by atoms with Gasteiger partial charge >= 0.3 is 11.1 Å². The molecule has 3 aromatic rings. The van der Waals surface area contributed by atoms with E-state index in [1.54, 1.807) is 18.2 Å². The molecule has 0 saturated carbocycles. The number of carbonyl (C=O) groups excluding carboxylic acids is 3. The summed E-state index contributed by atoms with van der Waals surface area (Å²) < 4.78 is 20.5. The summed E-state index contributed by atoms with van der Waals surface area (Å²) >= 11 is 0.833. The molecule has 14 heteroatoms. The van der Waals surface area contributed by atoms with Crippen molar-refractivity contribution in [2.75, 3.05) is 54.0 Å². The first-order chi connectivity index (χ1) is 20.2. The van der Waals surface area contributed by atoms with Crippen molar-refractivity contribution in [2.24, 2.45) is 0 Å². The Morgan fingerprint density at radius 2 is 1.74 bits per heavy atom. The summed E-state index contributed by atoms with van der Waals surface area (Å²) in [5.41, 5.74) is 1.98. The van der Waals surface area contributed by atoms with Gasteiger partial charge in [0.05, 0.1) is 29.4 Å². The van der Waals surface area contributed by atoms with Gasteiger partial charge in [-0.2, -0.15) is 0 Å². The molecular weight excluding hydrogens is 567 g/mol. The lowest BCUT2D eigenvalue weighted by molar-refractivity contribution is -0.379. The van der Waals surface area contributed by atoms with Gasteiger partial charge in [-0.3, -0.25) is 24.6 Å². The van der Waals surface area contributed by atoms with Crippen molar-refractivity contribution in [3.8, 4) is 0 Å². The van der Waals surface area contributed by atoms with E-state index in [1.165, 1.54) is 17.9 Å². The Morgan fingerprint density at radius 3 is 2.38 bits per heavy atom. The van der Waals surface area contributed by atoms with E-state index in [0.29, 0.717) is 49.8 Å². The zero-order chi connectivity index (χ0) is 29.8. The normalized spacial score (nSPS) is 16.8. The fraction of sp³-hybridized carbons (Fsp3) is 0.321. The van der Waals surface area contributed by atoms with Crippen LogP contribution in [0.3, 0.4) is 0 Å². The minimum atomic E-state index is -0.614. The summed E-state index contributed by atoms with van der Waals surface area (Å²) in [7, 11) is 0. The van der Waals surface area contributed by atoms with E-state index in [2.05, 4.69) is 10.6 Å². The Balaban J connectivity index is 1.21. The standard InChI is InChI=1S/C28H29FN6O6S/c1-18(36)30-16-21-17-34(28(38)41-21)20-7-8-23(22(29)13-20)32-9-11-33(12-10-32)24-14-25(42-27(24)35(39)40)26(37)31-15-19-5-3-2-4-6-19/h2-8,13-14,21H,9-12,15-17H2,1H3,(H,30,36)(H,31,37)/t21-/m0/s1. The van der Waals surface area contributed by atoms with Gasteiger partial charge in [-0.05, 0) is 29.8 Å². The van der Waals surface area contributed by atoms with Crippen LogP contribution in [0.1, 0.15) is 22.2 Å². The molecule has 2 saturated heterocycles. The number of ether oxygens (including phenoxy) is 1. The van der Waals surface area contributed by atoms with Crippen molar-refractivity contribution in [3.63, 3.8) is 0 Å². The number of carbonyl (C=O) groups is 3. The molecule has 2 aliphatic rings. The number of benzene rings is 2. The molecule has 5 rings (SSSR count). The first kappa shape index (κ1) is 28.8. The number of rotatable bonds is 9. The van der Waals surface area contributed by atoms with Crippen LogP contribution in [0.4, 0.5) is 31.2 Å². The third-order valence-electron chi connectivity index (χ3n) is 7.04. The fourth-order valence-corrected chi connectivity index (χ4v) is 5.82. The first-order valence-corrected chi connectivity index (χ1v) is 14.1. The van der Waals surface area contributed by atoms with Gasteiger partial charge in [0.1, 0.15) is 22.5 Å². The Hall–Kier alpha value is -4.72. The Bertz CT molecular complexity index is 1490. The van der Waals surface area contributed by atoms with Crippen LogP contribution in [0, 0.1) is 15.9 Å². The van der Waals surface area contributed by atoms with Crippen LogP contribution in [0.5, 0.6) is 0 Å². The largest absolute Gasteiger partial charge is 0.442 e. The minimum absolute atomic E-state index is 0.113. The van der Waals surface area contributed by atoms with Gasteiger partial charge in [0.2, 0.25) is 5.91 Å². The molecule has 2 aromatic carbocycles. The molecule has 220 valence electrons. The van der Waals surface area contributed by atoms with Crippen LogP contribution in [0.25, 0.3) is 0 Å². The number of hydrogen-bond acceptors (Lipinski definition) is 9. The van der Waals surface area contributed by atoms with Crippen molar-refractivity contribution < 1.29 is 28.4 Å². The van der Waals surface area contributed by atoms with E-state index in [9.17, 15) is 24.5 Å². The summed E-state index contributed by atoms with van der Waals surface area (Å²) in [4.78, 5) is 52.7. The molecule has 12 nitrogen and oxygen atoms in total. The number of cyclic esters (lactones) is 1. The number of nitro groups is 1. The van der Waals surface area contributed by atoms with Crippen LogP contribution in [0.15, 0.2) is 54.6 Å². The lowest BCUT2D eigenvalue weighted by atomic mass is 10.2. The second-order valence-electron chi connectivity index (χ2n) is 9.89. The van der Waals surface area contributed by atoms with E-state index in [4.69, 9.17) is 4.74 Å². The third-order valence-corrected chi connectivity index (χ3v) is 8.11.